The first-order chi connectivity index (χ1) is 7.77. The lowest BCUT2D eigenvalue weighted by Gasteiger charge is -2.16. The molecule has 6 heteroatoms. The van der Waals surface area contributed by atoms with E-state index in [1.54, 1.807) is 7.05 Å². The Balaban J connectivity index is 2.49. The molecule has 0 bridgehead atoms. The van der Waals surface area contributed by atoms with Gasteiger partial charge in [-0.15, -0.1) is 0 Å². The molecule has 0 aliphatic rings. The molecule has 3 N–H and O–H groups in total. The molecule has 0 radical (unpaired) electrons. The van der Waals surface area contributed by atoms with Crippen molar-refractivity contribution >= 4 is 28.9 Å². The summed E-state index contributed by atoms with van der Waals surface area (Å²) in [6.45, 7) is 0.622. The number of hydrogen-bond donors (Lipinski definition) is 3. The van der Waals surface area contributed by atoms with Crippen LogP contribution in [0, 0.1) is 0 Å². The van der Waals surface area contributed by atoms with Gasteiger partial charge in [-0.05, 0) is 27.6 Å². The van der Waals surface area contributed by atoms with Gasteiger partial charge in [-0.3, -0.25) is 9.88 Å². The first kappa shape index (κ1) is 13.5. The molecule has 0 fully saturated rings. The van der Waals surface area contributed by atoms with Crippen molar-refractivity contribution in [2.24, 2.45) is 0 Å². The molecule has 0 heterocycles. The van der Waals surface area contributed by atoms with Gasteiger partial charge >= 0.3 is 0 Å². The lowest BCUT2D eigenvalue weighted by molar-refractivity contribution is -0.117. The van der Waals surface area contributed by atoms with Crippen molar-refractivity contribution in [3.8, 4) is 0 Å². The van der Waals surface area contributed by atoms with E-state index in [2.05, 4.69) is 24.6 Å². The molecule has 16 heavy (non-hydrogen) atoms. The largest absolute Gasteiger partial charge is 0.325 e. The zero-order valence-electron chi connectivity index (χ0n) is 9.16. The van der Waals surface area contributed by atoms with Crippen molar-refractivity contribution in [3.05, 3.63) is 30.3 Å². The Hall–Kier alpha value is -0.530. The Bertz CT molecular complexity index is 321. The van der Waals surface area contributed by atoms with Gasteiger partial charge in [0.1, 0.15) is 0 Å². The molecule has 0 aliphatic heterocycles. The van der Waals surface area contributed by atoms with Gasteiger partial charge in [0.25, 0.3) is 0 Å². The van der Waals surface area contributed by atoms with Crippen molar-refractivity contribution in [2.75, 3.05) is 18.9 Å². The number of anilines is 1. The summed E-state index contributed by atoms with van der Waals surface area (Å²) in [6.07, 6.45) is 0. The van der Waals surface area contributed by atoms with Gasteiger partial charge in [0.15, 0.2) is 0 Å². The highest BCUT2D eigenvalue weighted by atomic mass is 32.0. The van der Waals surface area contributed by atoms with E-state index in [9.17, 15) is 4.79 Å². The lowest BCUT2D eigenvalue weighted by atomic mass is 10.2. The zero-order chi connectivity index (χ0) is 11.8. The third-order valence-electron chi connectivity index (χ3n) is 2.11. The van der Waals surface area contributed by atoms with Crippen LogP contribution in [0.3, 0.4) is 0 Å². The van der Waals surface area contributed by atoms with Crippen LogP contribution in [0.1, 0.15) is 0 Å². The fourth-order valence-corrected chi connectivity index (χ4v) is 1.91. The predicted octanol–water partition coefficient (Wildman–Crippen LogP) is 1.19. The molecule has 3 unspecified atom stereocenters. The first-order valence-corrected chi connectivity index (χ1v) is 7.80. The van der Waals surface area contributed by atoms with E-state index in [1.165, 1.54) is 0 Å². The number of carbonyl (C=O) groups excluding carboxylic acids is 1. The average molecular weight is 257 g/mol. The lowest BCUT2D eigenvalue weighted by Crippen LogP contribution is -2.44. The van der Waals surface area contributed by atoms with Crippen LogP contribution in [0.15, 0.2) is 30.3 Å². The molecule has 3 atom stereocenters. The number of likely N-dealkylation sites (N-methyl/N-ethyl adjacent to an activating group) is 1. The third kappa shape index (κ3) is 4.54. The van der Waals surface area contributed by atoms with Crippen molar-refractivity contribution in [1.82, 2.24) is 10.4 Å². The molecule has 0 aliphatic carbocycles. The van der Waals surface area contributed by atoms with Gasteiger partial charge in [-0.1, -0.05) is 27.1 Å². The molecule has 0 spiro atoms. The smallest absolute Gasteiger partial charge is 0.242 e. The highest BCUT2D eigenvalue weighted by molar-refractivity contribution is 8.01. The number of para-hydroxylation sites is 1. The van der Waals surface area contributed by atoms with E-state index in [0.29, 0.717) is 15.0 Å². The van der Waals surface area contributed by atoms with E-state index in [1.807, 2.05) is 30.3 Å². The quantitative estimate of drug-likeness (QED) is 0.671. The van der Waals surface area contributed by atoms with E-state index in [-0.39, 0.29) is 11.9 Å². The van der Waals surface area contributed by atoms with Gasteiger partial charge in [-0.25, -0.2) is 0 Å². The van der Waals surface area contributed by atoms with E-state index < -0.39 is 0 Å². The maximum Gasteiger partial charge on any atom is 0.242 e. The van der Waals surface area contributed by atoms with Gasteiger partial charge < -0.3 is 10.6 Å². The summed E-state index contributed by atoms with van der Waals surface area (Å²) in [5, 5.41) is 8.97. The number of hydrogen-bond acceptors (Lipinski definition) is 3. The second-order valence-electron chi connectivity index (χ2n) is 3.22. The molecule has 1 aromatic carbocycles. The minimum Gasteiger partial charge on any atom is -0.325 e. The van der Waals surface area contributed by atoms with Crippen molar-refractivity contribution in [1.29, 1.82) is 0 Å². The van der Waals surface area contributed by atoms with Crippen molar-refractivity contribution in [2.45, 2.75) is 6.04 Å². The fraction of sp³-hybridized carbons (Fsp3) is 0.300. The van der Waals surface area contributed by atoms with Crippen molar-refractivity contribution in [3.63, 3.8) is 0 Å². The predicted molar refractivity (Wildman–Crippen MR) is 73.9 cm³/mol. The fourth-order valence-electron chi connectivity index (χ4n) is 1.24. The minimum atomic E-state index is -0.215. The van der Waals surface area contributed by atoms with Crippen LogP contribution >= 0.6 is 17.3 Å². The number of nitrogens with one attached hydrogen (secondary N) is 3. The van der Waals surface area contributed by atoms with Gasteiger partial charge in [0.2, 0.25) is 5.91 Å². The highest BCUT2D eigenvalue weighted by Gasteiger charge is 2.15. The zero-order valence-corrected chi connectivity index (χ0v) is 11.3. The maximum atomic E-state index is 11.8. The van der Waals surface area contributed by atoms with Crippen LogP contribution in [-0.4, -0.2) is 25.5 Å². The highest BCUT2D eigenvalue weighted by Crippen LogP contribution is 2.13. The van der Waals surface area contributed by atoms with Crippen LogP contribution in [-0.2, 0) is 4.79 Å². The second-order valence-corrected chi connectivity index (χ2v) is 4.73. The molecule has 1 aromatic rings. The van der Waals surface area contributed by atoms with E-state index >= 15 is 0 Å². The summed E-state index contributed by atoms with van der Waals surface area (Å²) in [4.78, 5) is 11.8. The molecule has 1 amide bonds. The summed E-state index contributed by atoms with van der Waals surface area (Å²) in [5.41, 5.74) is 0.820. The summed E-state index contributed by atoms with van der Waals surface area (Å²) in [7, 11) is 4.93. The minimum absolute atomic E-state index is 0.0237. The molecule has 0 saturated carbocycles. The summed E-state index contributed by atoms with van der Waals surface area (Å²) < 4.78 is 0. The molecular weight excluding hydrogens is 240 g/mol. The Morgan fingerprint density at radius 2 is 2.12 bits per heavy atom. The number of carbonyl (C=O) groups is 1. The molecule has 88 valence electrons. The van der Waals surface area contributed by atoms with E-state index in [0.717, 1.165) is 5.69 Å². The number of rotatable bonds is 6. The third-order valence-corrected chi connectivity index (χ3v) is 3.14. The summed E-state index contributed by atoms with van der Waals surface area (Å²) in [5.74, 6) is -0.0237. The summed E-state index contributed by atoms with van der Waals surface area (Å²) >= 11 is 0. The Morgan fingerprint density at radius 3 is 2.69 bits per heavy atom. The van der Waals surface area contributed by atoms with E-state index in [4.69, 9.17) is 0 Å². The molecule has 0 saturated heterocycles. The Kier molecular flexibility index (Phi) is 6.51. The Labute approximate surface area is 99.9 Å². The Morgan fingerprint density at radius 1 is 1.44 bits per heavy atom. The topological polar surface area (TPSA) is 53.2 Å². The number of benzene rings is 1. The molecular formula is C10H17N3OP2. The second kappa shape index (κ2) is 7.70. The number of amides is 1. The van der Waals surface area contributed by atoms with Crippen LogP contribution in [0.25, 0.3) is 0 Å². The van der Waals surface area contributed by atoms with Crippen LogP contribution in [0.4, 0.5) is 5.69 Å². The maximum absolute atomic E-state index is 11.8. The van der Waals surface area contributed by atoms with Crippen LogP contribution in [0.5, 0.6) is 0 Å². The standard InChI is InChI=1S/C10H17N3OP2/c1-11-9(7-12-16-15)10(14)13-8-5-3-2-4-6-8/h2-6,9,11-12,16H,7,15H2,1H3,(H,13,14). The average Bonchev–Trinajstić information content (AvgIpc) is 2.31. The van der Waals surface area contributed by atoms with Crippen LogP contribution < -0.4 is 15.7 Å². The van der Waals surface area contributed by atoms with Gasteiger partial charge in [0, 0.05) is 12.2 Å². The van der Waals surface area contributed by atoms with Crippen molar-refractivity contribution < 1.29 is 4.79 Å². The van der Waals surface area contributed by atoms with Gasteiger partial charge in [-0.2, -0.15) is 0 Å². The normalized spacial score (nSPS) is 12.9. The molecule has 0 aromatic heterocycles. The molecule has 1 rings (SSSR count). The first-order valence-electron chi connectivity index (χ1n) is 4.99. The molecule has 4 nitrogen and oxygen atoms in total. The SMILES string of the molecule is CNC(CNPP)C(=O)Nc1ccccc1. The summed E-state index contributed by atoms with van der Waals surface area (Å²) in [6, 6.07) is 9.24. The monoisotopic (exact) mass is 257 g/mol. The van der Waals surface area contributed by atoms with Crippen LogP contribution in [0.2, 0.25) is 0 Å². The van der Waals surface area contributed by atoms with Gasteiger partial charge in [0.05, 0.1) is 6.04 Å².